The number of thioether (sulfide) groups is 1. The highest BCUT2D eigenvalue weighted by molar-refractivity contribution is 7.99. The van der Waals surface area contributed by atoms with Crippen molar-refractivity contribution in [2.24, 2.45) is 0 Å². The Morgan fingerprint density at radius 1 is 1.22 bits per heavy atom. The first kappa shape index (κ1) is 16.4. The molecule has 0 radical (unpaired) electrons. The number of morpholine rings is 1. The Balaban J connectivity index is 1.49. The van der Waals surface area contributed by atoms with Crippen molar-refractivity contribution in [1.29, 1.82) is 0 Å². The average Bonchev–Trinajstić information content (AvgIpc) is 3.04. The van der Waals surface area contributed by atoms with E-state index in [0.717, 1.165) is 26.3 Å². The first-order chi connectivity index (χ1) is 11.2. The van der Waals surface area contributed by atoms with Crippen LogP contribution < -0.4 is 4.90 Å². The minimum absolute atomic E-state index is 0.309. The summed E-state index contributed by atoms with van der Waals surface area (Å²) >= 11 is 1.33. The predicted octanol–water partition coefficient (Wildman–Crippen LogP) is 0.244. The van der Waals surface area contributed by atoms with Crippen LogP contribution in [0.1, 0.15) is 0 Å². The molecule has 1 aliphatic rings. The largest absolute Gasteiger partial charge is 0.411 e. The second-order valence-electron chi connectivity index (χ2n) is 5.41. The van der Waals surface area contributed by atoms with Gasteiger partial charge in [0.2, 0.25) is 5.89 Å². The Morgan fingerprint density at radius 2 is 1.96 bits per heavy atom. The summed E-state index contributed by atoms with van der Waals surface area (Å²) in [5.74, 6) is 0.535. The van der Waals surface area contributed by atoms with Gasteiger partial charge in [-0.05, 0) is 24.3 Å². The Bertz CT molecular complexity index is 617. The van der Waals surface area contributed by atoms with E-state index in [4.69, 9.17) is 9.15 Å². The quantitative estimate of drug-likeness (QED) is 0.734. The van der Waals surface area contributed by atoms with E-state index in [1.807, 2.05) is 0 Å². The molecule has 2 N–H and O–H groups in total. The van der Waals surface area contributed by atoms with E-state index in [1.54, 1.807) is 12.1 Å². The molecule has 0 unspecified atom stereocenters. The van der Waals surface area contributed by atoms with Crippen LogP contribution >= 0.6 is 11.8 Å². The molecule has 2 aromatic rings. The number of aliphatic hydroxyl groups excluding tert-OH is 1. The van der Waals surface area contributed by atoms with Crippen molar-refractivity contribution in [3.8, 4) is 11.5 Å². The van der Waals surface area contributed by atoms with Crippen LogP contribution in [0.15, 0.2) is 33.9 Å². The van der Waals surface area contributed by atoms with Crippen LogP contribution in [0.25, 0.3) is 11.5 Å². The minimum atomic E-state index is -0.436. The molecule has 0 saturated carbocycles. The molecular formula is C15H19FN3O3S+. The number of hydrogen-bond donors (Lipinski definition) is 2. The Hall–Kier alpha value is -1.48. The highest BCUT2D eigenvalue weighted by atomic mass is 32.2. The van der Waals surface area contributed by atoms with E-state index >= 15 is 0 Å². The van der Waals surface area contributed by atoms with Crippen molar-refractivity contribution in [2.75, 3.05) is 38.6 Å². The van der Waals surface area contributed by atoms with Gasteiger partial charge in [-0.15, -0.1) is 10.2 Å². The van der Waals surface area contributed by atoms with E-state index in [0.29, 0.717) is 29.0 Å². The molecule has 0 spiro atoms. The molecule has 1 atom stereocenters. The number of halogens is 1. The van der Waals surface area contributed by atoms with Crippen molar-refractivity contribution >= 4 is 11.8 Å². The SMILES string of the molecule is O[C@@H](CSc1nnc(-c2ccc(F)cc2)o1)C[NH+]1CCOCC1. The number of aromatic nitrogens is 2. The van der Waals surface area contributed by atoms with E-state index < -0.39 is 6.10 Å². The summed E-state index contributed by atoms with van der Waals surface area (Å²) in [5, 5.41) is 18.4. The first-order valence-corrected chi connectivity index (χ1v) is 8.51. The van der Waals surface area contributed by atoms with E-state index in [-0.39, 0.29) is 5.82 Å². The van der Waals surface area contributed by atoms with Crippen LogP contribution in [0.4, 0.5) is 4.39 Å². The highest BCUT2D eigenvalue weighted by Gasteiger charge is 2.19. The fraction of sp³-hybridized carbons (Fsp3) is 0.467. The van der Waals surface area contributed by atoms with Gasteiger partial charge in [-0.3, -0.25) is 0 Å². The summed E-state index contributed by atoms with van der Waals surface area (Å²) < 4.78 is 23.7. The van der Waals surface area contributed by atoms with Crippen molar-refractivity contribution in [3.05, 3.63) is 30.1 Å². The number of rotatable bonds is 6. The van der Waals surface area contributed by atoms with Crippen LogP contribution in [0.2, 0.25) is 0 Å². The average molecular weight is 340 g/mol. The third-order valence-electron chi connectivity index (χ3n) is 3.62. The summed E-state index contributed by atoms with van der Waals surface area (Å²) in [6, 6.07) is 5.88. The van der Waals surface area contributed by atoms with Gasteiger partial charge in [0.25, 0.3) is 5.22 Å². The second kappa shape index (κ2) is 7.87. The predicted molar refractivity (Wildman–Crippen MR) is 82.8 cm³/mol. The lowest BCUT2D eigenvalue weighted by atomic mass is 10.2. The third-order valence-corrected chi connectivity index (χ3v) is 4.58. The lowest BCUT2D eigenvalue weighted by Gasteiger charge is -2.25. The molecule has 23 heavy (non-hydrogen) atoms. The van der Waals surface area contributed by atoms with Gasteiger partial charge >= 0.3 is 0 Å². The van der Waals surface area contributed by atoms with Gasteiger partial charge in [0, 0.05) is 11.3 Å². The van der Waals surface area contributed by atoms with Crippen molar-refractivity contribution in [3.63, 3.8) is 0 Å². The molecule has 124 valence electrons. The zero-order valence-electron chi connectivity index (χ0n) is 12.6. The number of nitrogens with zero attached hydrogens (tertiary/aromatic N) is 2. The first-order valence-electron chi connectivity index (χ1n) is 7.52. The standard InChI is InChI=1S/C15H18FN3O3S/c16-12-3-1-11(2-4-12)14-17-18-15(22-14)23-10-13(20)9-19-5-7-21-8-6-19/h1-4,13,20H,5-10H2/p+1/t13-/m1/s1. The van der Waals surface area contributed by atoms with E-state index in [9.17, 15) is 9.50 Å². The van der Waals surface area contributed by atoms with Crippen LogP contribution in [0.5, 0.6) is 0 Å². The van der Waals surface area contributed by atoms with Crippen LogP contribution in [0, 0.1) is 5.82 Å². The summed E-state index contributed by atoms with van der Waals surface area (Å²) in [5.41, 5.74) is 0.670. The molecule has 0 bridgehead atoms. The normalized spacial score (nSPS) is 17.3. The molecule has 2 heterocycles. The van der Waals surface area contributed by atoms with Gasteiger partial charge in [-0.25, -0.2) is 4.39 Å². The number of aliphatic hydroxyl groups is 1. The minimum Gasteiger partial charge on any atom is -0.411 e. The number of nitrogens with one attached hydrogen (secondary N) is 1. The lowest BCUT2D eigenvalue weighted by Crippen LogP contribution is -3.15. The molecule has 1 aromatic carbocycles. The summed E-state index contributed by atoms with van der Waals surface area (Å²) in [7, 11) is 0. The summed E-state index contributed by atoms with van der Waals surface area (Å²) in [6.07, 6.45) is -0.436. The molecule has 1 aromatic heterocycles. The van der Waals surface area contributed by atoms with Gasteiger partial charge in [0.05, 0.1) is 13.2 Å². The second-order valence-corrected chi connectivity index (χ2v) is 6.38. The molecule has 1 fully saturated rings. The van der Waals surface area contributed by atoms with Gasteiger partial charge in [0.15, 0.2) is 0 Å². The maximum atomic E-state index is 12.9. The smallest absolute Gasteiger partial charge is 0.276 e. The molecule has 1 saturated heterocycles. The lowest BCUT2D eigenvalue weighted by molar-refractivity contribution is -0.910. The number of benzene rings is 1. The maximum Gasteiger partial charge on any atom is 0.276 e. The molecule has 3 rings (SSSR count). The van der Waals surface area contributed by atoms with Gasteiger partial charge in [-0.2, -0.15) is 0 Å². The highest BCUT2D eigenvalue weighted by Crippen LogP contribution is 2.23. The molecule has 6 nitrogen and oxygen atoms in total. The zero-order chi connectivity index (χ0) is 16.1. The van der Waals surface area contributed by atoms with Crippen molar-refractivity contribution < 1.29 is 23.6 Å². The zero-order valence-corrected chi connectivity index (χ0v) is 13.4. The Kier molecular flexibility index (Phi) is 5.60. The summed E-state index contributed by atoms with van der Waals surface area (Å²) in [6.45, 7) is 4.04. The van der Waals surface area contributed by atoms with E-state index in [2.05, 4.69) is 10.2 Å². The summed E-state index contributed by atoms with van der Waals surface area (Å²) in [4.78, 5) is 1.35. The van der Waals surface area contributed by atoms with Gasteiger partial charge in [0.1, 0.15) is 31.6 Å². The number of quaternary nitrogens is 1. The van der Waals surface area contributed by atoms with Crippen LogP contribution in [0.3, 0.4) is 0 Å². The number of hydrogen-bond acceptors (Lipinski definition) is 6. The third kappa shape index (κ3) is 4.74. The fourth-order valence-corrected chi connectivity index (χ4v) is 3.09. The monoisotopic (exact) mass is 340 g/mol. The van der Waals surface area contributed by atoms with Gasteiger partial charge < -0.3 is 19.2 Å². The maximum absolute atomic E-state index is 12.9. The molecular weight excluding hydrogens is 321 g/mol. The van der Waals surface area contributed by atoms with Crippen LogP contribution in [-0.4, -0.2) is 60.0 Å². The number of ether oxygens (including phenoxy) is 1. The molecule has 0 aliphatic carbocycles. The van der Waals surface area contributed by atoms with Crippen LogP contribution in [-0.2, 0) is 4.74 Å². The van der Waals surface area contributed by atoms with Crippen molar-refractivity contribution in [1.82, 2.24) is 10.2 Å². The topological polar surface area (TPSA) is 72.8 Å². The molecule has 0 amide bonds. The fourth-order valence-electron chi connectivity index (χ4n) is 2.40. The van der Waals surface area contributed by atoms with E-state index in [1.165, 1.54) is 28.8 Å². The Labute approximate surface area is 137 Å². The van der Waals surface area contributed by atoms with Gasteiger partial charge in [-0.1, -0.05) is 11.8 Å². The Morgan fingerprint density at radius 3 is 2.70 bits per heavy atom. The molecule has 8 heteroatoms. The van der Waals surface area contributed by atoms with Crippen molar-refractivity contribution in [2.45, 2.75) is 11.3 Å². The molecule has 1 aliphatic heterocycles.